The Bertz CT molecular complexity index is 203. The van der Waals surface area contributed by atoms with Crippen LogP contribution >= 0.6 is 0 Å². The molecule has 0 nitrogen and oxygen atoms in total. The number of allylic oxidation sites excluding steroid dienone is 3. The zero-order valence-corrected chi connectivity index (χ0v) is 10.7. The van der Waals surface area contributed by atoms with Crippen molar-refractivity contribution in [1.82, 2.24) is 0 Å². The molecule has 82 valence electrons. The Morgan fingerprint density at radius 3 is 2.14 bits per heavy atom. The third-order valence-corrected chi connectivity index (χ3v) is 3.02. The smallest absolute Gasteiger partial charge is 0.0129 e. The SMILES string of the molecule is C=C/C=C(/C)C(C(C)CC)C(C)(C)C. The van der Waals surface area contributed by atoms with Crippen LogP contribution in [0.5, 0.6) is 0 Å². The molecule has 0 bridgehead atoms. The van der Waals surface area contributed by atoms with Gasteiger partial charge in [-0.05, 0) is 24.2 Å². The van der Waals surface area contributed by atoms with Crippen molar-refractivity contribution in [3.8, 4) is 0 Å². The standard InChI is InChI=1S/C14H26/c1-8-10-12(4)13(11(3)9-2)14(5,6)7/h8,10-11,13H,1,9H2,2-7H3/b12-10-. The number of hydrogen-bond acceptors (Lipinski definition) is 0. The molecule has 0 aliphatic carbocycles. The highest BCUT2D eigenvalue weighted by atomic mass is 14.3. The van der Waals surface area contributed by atoms with Crippen LogP contribution in [0.15, 0.2) is 24.3 Å². The molecular weight excluding hydrogens is 168 g/mol. The molecule has 0 aromatic carbocycles. The molecule has 0 rings (SSSR count). The molecule has 0 aliphatic rings. The van der Waals surface area contributed by atoms with E-state index in [1.165, 1.54) is 12.0 Å². The maximum absolute atomic E-state index is 3.77. The van der Waals surface area contributed by atoms with Crippen LogP contribution in [0.25, 0.3) is 0 Å². The Labute approximate surface area is 90.1 Å². The van der Waals surface area contributed by atoms with Crippen LogP contribution in [0.2, 0.25) is 0 Å². The van der Waals surface area contributed by atoms with Crippen LogP contribution < -0.4 is 0 Å². The highest BCUT2D eigenvalue weighted by Gasteiger charge is 2.29. The molecule has 0 spiro atoms. The normalized spacial score (nSPS) is 17.7. The minimum Gasteiger partial charge on any atom is -0.0991 e. The van der Waals surface area contributed by atoms with Gasteiger partial charge < -0.3 is 0 Å². The van der Waals surface area contributed by atoms with Gasteiger partial charge in [-0.2, -0.15) is 0 Å². The van der Waals surface area contributed by atoms with Crippen LogP contribution in [0.4, 0.5) is 0 Å². The van der Waals surface area contributed by atoms with Gasteiger partial charge in [0, 0.05) is 0 Å². The molecule has 0 saturated carbocycles. The Balaban J connectivity index is 4.91. The first-order valence-electron chi connectivity index (χ1n) is 5.63. The van der Waals surface area contributed by atoms with E-state index in [1.807, 2.05) is 6.08 Å². The van der Waals surface area contributed by atoms with Crippen LogP contribution in [0, 0.1) is 17.3 Å². The fourth-order valence-corrected chi connectivity index (χ4v) is 2.51. The Hall–Kier alpha value is -0.520. The van der Waals surface area contributed by atoms with E-state index in [0.717, 1.165) is 5.92 Å². The summed E-state index contributed by atoms with van der Waals surface area (Å²) in [5.74, 6) is 1.40. The second-order valence-corrected chi connectivity index (χ2v) is 5.38. The summed E-state index contributed by atoms with van der Waals surface area (Å²) in [6.45, 7) is 17.6. The lowest BCUT2D eigenvalue weighted by Crippen LogP contribution is -2.27. The van der Waals surface area contributed by atoms with Crippen molar-refractivity contribution in [2.24, 2.45) is 17.3 Å². The average Bonchev–Trinajstić information content (AvgIpc) is 2.02. The van der Waals surface area contributed by atoms with Gasteiger partial charge in [0.05, 0.1) is 0 Å². The molecule has 0 aliphatic heterocycles. The predicted octanol–water partition coefficient (Wildman–Crippen LogP) is 4.83. The minimum atomic E-state index is 0.346. The van der Waals surface area contributed by atoms with Gasteiger partial charge in [0.1, 0.15) is 0 Å². The summed E-state index contributed by atoms with van der Waals surface area (Å²) in [7, 11) is 0. The second kappa shape index (κ2) is 5.38. The summed E-state index contributed by atoms with van der Waals surface area (Å²) in [5, 5.41) is 0. The highest BCUT2D eigenvalue weighted by Crippen LogP contribution is 2.38. The summed E-state index contributed by atoms with van der Waals surface area (Å²) in [6.07, 6.45) is 5.29. The van der Waals surface area contributed by atoms with Gasteiger partial charge in [-0.1, -0.05) is 65.3 Å². The van der Waals surface area contributed by atoms with Gasteiger partial charge in [0.2, 0.25) is 0 Å². The molecule has 0 radical (unpaired) electrons. The third-order valence-electron chi connectivity index (χ3n) is 3.02. The van der Waals surface area contributed by atoms with E-state index < -0.39 is 0 Å². The van der Waals surface area contributed by atoms with Gasteiger partial charge >= 0.3 is 0 Å². The molecule has 0 aromatic heterocycles. The predicted molar refractivity (Wildman–Crippen MR) is 66.4 cm³/mol. The first-order chi connectivity index (χ1) is 6.34. The summed E-state index contributed by atoms with van der Waals surface area (Å²) >= 11 is 0. The zero-order valence-electron chi connectivity index (χ0n) is 10.7. The monoisotopic (exact) mass is 194 g/mol. The summed E-state index contributed by atoms with van der Waals surface area (Å²) in [4.78, 5) is 0. The zero-order chi connectivity index (χ0) is 11.4. The maximum atomic E-state index is 3.77. The van der Waals surface area contributed by atoms with Crippen molar-refractivity contribution in [3.63, 3.8) is 0 Å². The topological polar surface area (TPSA) is 0 Å². The molecule has 0 heterocycles. The molecule has 0 N–H and O–H groups in total. The Kier molecular flexibility index (Phi) is 5.18. The number of hydrogen-bond donors (Lipinski definition) is 0. The Morgan fingerprint density at radius 1 is 1.36 bits per heavy atom. The quantitative estimate of drug-likeness (QED) is 0.562. The molecule has 0 heteroatoms. The largest absolute Gasteiger partial charge is 0.0991 e. The van der Waals surface area contributed by atoms with E-state index in [4.69, 9.17) is 0 Å². The molecular formula is C14H26. The van der Waals surface area contributed by atoms with Gasteiger partial charge in [-0.3, -0.25) is 0 Å². The van der Waals surface area contributed by atoms with Crippen LogP contribution in [0.3, 0.4) is 0 Å². The lowest BCUT2D eigenvalue weighted by Gasteiger charge is -2.36. The van der Waals surface area contributed by atoms with E-state index in [0.29, 0.717) is 11.3 Å². The van der Waals surface area contributed by atoms with E-state index >= 15 is 0 Å². The minimum absolute atomic E-state index is 0.346. The van der Waals surface area contributed by atoms with Crippen LogP contribution in [0.1, 0.15) is 48.0 Å². The fraction of sp³-hybridized carbons (Fsp3) is 0.714. The first kappa shape index (κ1) is 13.5. The van der Waals surface area contributed by atoms with Crippen molar-refractivity contribution in [2.75, 3.05) is 0 Å². The third kappa shape index (κ3) is 3.69. The fourth-order valence-electron chi connectivity index (χ4n) is 2.51. The van der Waals surface area contributed by atoms with E-state index in [2.05, 4.69) is 54.2 Å². The van der Waals surface area contributed by atoms with Gasteiger partial charge in [0.25, 0.3) is 0 Å². The van der Waals surface area contributed by atoms with Gasteiger partial charge in [-0.25, -0.2) is 0 Å². The van der Waals surface area contributed by atoms with Crippen LogP contribution in [-0.2, 0) is 0 Å². The van der Waals surface area contributed by atoms with Gasteiger partial charge in [0.15, 0.2) is 0 Å². The summed E-state index contributed by atoms with van der Waals surface area (Å²) in [6, 6.07) is 0. The van der Waals surface area contributed by atoms with Crippen molar-refractivity contribution in [3.05, 3.63) is 24.3 Å². The Morgan fingerprint density at radius 2 is 1.86 bits per heavy atom. The molecule has 0 amide bonds. The first-order valence-corrected chi connectivity index (χ1v) is 5.63. The number of rotatable bonds is 4. The van der Waals surface area contributed by atoms with Crippen molar-refractivity contribution in [1.29, 1.82) is 0 Å². The average molecular weight is 194 g/mol. The summed E-state index contributed by atoms with van der Waals surface area (Å²) < 4.78 is 0. The van der Waals surface area contributed by atoms with E-state index in [-0.39, 0.29) is 0 Å². The molecule has 0 saturated heterocycles. The van der Waals surface area contributed by atoms with Gasteiger partial charge in [-0.15, -0.1) is 0 Å². The highest BCUT2D eigenvalue weighted by molar-refractivity contribution is 5.14. The molecule has 0 fully saturated rings. The van der Waals surface area contributed by atoms with Crippen molar-refractivity contribution < 1.29 is 0 Å². The van der Waals surface area contributed by atoms with E-state index in [1.54, 1.807) is 0 Å². The maximum Gasteiger partial charge on any atom is -0.0129 e. The van der Waals surface area contributed by atoms with Crippen LogP contribution in [-0.4, -0.2) is 0 Å². The second-order valence-electron chi connectivity index (χ2n) is 5.38. The van der Waals surface area contributed by atoms with Crippen molar-refractivity contribution in [2.45, 2.75) is 48.0 Å². The van der Waals surface area contributed by atoms with Crippen molar-refractivity contribution >= 4 is 0 Å². The van der Waals surface area contributed by atoms with E-state index in [9.17, 15) is 0 Å². The lowest BCUT2D eigenvalue weighted by atomic mass is 9.69. The lowest BCUT2D eigenvalue weighted by molar-refractivity contribution is 0.201. The molecule has 0 aromatic rings. The summed E-state index contributed by atoms with van der Waals surface area (Å²) in [5.41, 5.74) is 1.81. The molecule has 14 heavy (non-hydrogen) atoms. The molecule has 2 atom stereocenters. The molecule has 2 unspecified atom stereocenters.